The van der Waals surface area contributed by atoms with Gasteiger partial charge in [-0.1, -0.05) is 0 Å². The topological polar surface area (TPSA) is 55.1 Å². The summed E-state index contributed by atoms with van der Waals surface area (Å²) in [6, 6.07) is 1.35. The van der Waals surface area contributed by atoms with Crippen LogP contribution in [0.2, 0.25) is 0 Å². The number of hydrogen-bond donors (Lipinski definition) is 1. The highest BCUT2D eigenvalue weighted by molar-refractivity contribution is 5.71. The van der Waals surface area contributed by atoms with Crippen LogP contribution in [0, 0.1) is 0 Å². The maximum absolute atomic E-state index is 10.6. The van der Waals surface area contributed by atoms with E-state index in [1.165, 1.54) is 17.5 Å². The van der Waals surface area contributed by atoms with Crippen LogP contribution in [0.3, 0.4) is 0 Å². The standard InChI is InChI=1S/C9H12N2O2/c1-6(9(12)13)11-5-4-8(10-11)7-2-3-7/h4-7H,2-3H2,1H3,(H,12,13). The summed E-state index contributed by atoms with van der Waals surface area (Å²) in [7, 11) is 0. The van der Waals surface area contributed by atoms with E-state index in [9.17, 15) is 4.79 Å². The summed E-state index contributed by atoms with van der Waals surface area (Å²) in [5.74, 6) is -0.257. The molecule has 1 unspecified atom stereocenters. The molecule has 2 rings (SSSR count). The summed E-state index contributed by atoms with van der Waals surface area (Å²) < 4.78 is 1.51. The number of hydrogen-bond acceptors (Lipinski definition) is 2. The largest absolute Gasteiger partial charge is 0.480 e. The van der Waals surface area contributed by atoms with Crippen LogP contribution in [-0.2, 0) is 4.79 Å². The molecule has 1 saturated carbocycles. The fourth-order valence-electron chi connectivity index (χ4n) is 1.28. The highest BCUT2D eigenvalue weighted by atomic mass is 16.4. The molecule has 4 nitrogen and oxygen atoms in total. The third-order valence-corrected chi connectivity index (χ3v) is 2.38. The van der Waals surface area contributed by atoms with E-state index < -0.39 is 12.0 Å². The van der Waals surface area contributed by atoms with Crippen LogP contribution in [-0.4, -0.2) is 20.9 Å². The normalized spacial score (nSPS) is 18.5. The molecule has 13 heavy (non-hydrogen) atoms. The number of rotatable bonds is 3. The zero-order valence-electron chi connectivity index (χ0n) is 7.47. The second kappa shape index (κ2) is 2.87. The molecule has 0 spiro atoms. The first-order chi connectivity index (χ1) is 6.18. The van der Waals surface area contributed by atoms with Gasteiger partial charge in [-0.2, -0.15) is 5.10 Å². The number of carbonyl (C=O) groups is 1. The molecule has 0 aliphatic heterocycles. The van der Waals surface area contributed by atoms with E-state index in [1.54, 1.807) is 13.1 Å². The number of aromatic nitrogens is 2. The summed E-state index contributed by atoms with van der Waals surface area (Å²) >= 11 is 0. The van der Waals surface area contributed by atoms with Crippen molar-refractivity contribution in [3.05, 3.63) is 18.0 Å². The predicted octanol–water partition coefficient (Wildman–Crippen LogP) is 1.41. The molecular formula is C9H12N2O2. The third kappa shape index (κ3) is 1.56. The maximum Gasteiger partial charge on any atom is 0.328 e. The van der Waals surface area contributed by atoms with Crippen molar-refractivity contribution in [2.24, 2.45) is 0 Å². The molecule has 1 heterocycles. The Morgan fingerprint density at radius 2 is 2.46 bits per heavy atom. The Labute approximate surface area is 76.2 Å². The SMILES string of the molecule is CC(C(=O)O)n1ccc(C2CC2)n1. The first-order valence-electron chi connectivity index (χ1n) is 4.46. The van der Waals surface area contributed by atoms with Gasteiger partial charge in [-0.05, 0) is 25.8 Å². The maximum atomic E-state index is 10.6. The molecule has 0 bridgehead atoms. The average molecular weight is 180 g/mol. The molecule has 1 N–H and O–H groups in total. The molecule has 1 fully saturated rings. The Hall–Kier alpha value is -1.32. The van der Waals surface area contributed by atoms with Gasteiger partial charge in [0.05, 0.1) is 5.69 Å². The molecular weight excluding hydrogens is 168 g/mol. The van der Waals surface area contributed by atoms with Crippen molar-refractivity contribution in [1.29, 1.82) is 0 Å². The fraction of sp³-hybridized carbons (Fsp3) is 0.556. The van der Waals surface area contributed by atoms with Gasteiger partial charge in [-0.25, -0.2) is 4.79 Å². The second-order valence-electron chi connectivity index (χ2n) is 3.51. The Bertz CT molecular complexity index is 328. The highest BCUT2D eigenvalue weighted by Gasteiger charge is 2.26. The number of aliphatic carboxylic acids is 1. The van der Waals surface area contributed by atoms with Crippen LogP contribution in [0.4, 0.5) is 0 Å². The van der Waals surface area contributed by atoms with Crippen LogP contribution < -0.4 is 0 Å². The molecule has 1 aliphatic rings. The number of nitrogens with zero attached hydrogens (tertiary/aromatic N) is 2. The minimum atomic E-state index is -0.842. The van der Waals surface area contributed by atoms with Crippen LogP contribution >= 0.6 is 0 Å². The van der Waals surface area contributed by atoms with Gasteiger partial charge in [-0.3, -0.25) is 4.68 Å². The smallest absolute Gasteiger partial charge is 0.328 e. The van der Waals surface area contributed by atoms with Gasteiger partial charge in [0.1, 0.15) is 6.04 Å². The Balaban J connectivity index is 2.16. The van der Waals surface area contributed by atoms with Crippen LogP contribution in [0.1, 0.15) is 37.4 Å². The summed E-state index contributed by atoms with van der Waals surface area (Å²) in [6.45, 7) is 1.63. The lowest BCUT2D eigenvalue weighted by molar-refractivity contribution is -0.140. The molecule has 1 atom stereocenters. The monoisotopic (exact) mass is 180 g/mol. The van der Waals surface area contributed by atoms with Crippen LogP contribution in [0.15, 0.2) is 12.3 Å². The van der Waals surface area contributed by atoms with Crippen LogP contribution in [0.5, 0.6) is 0 Å². The minimum Gasteiger partial charge on any atom is -0.480 e. The average Bonchev–Trinajstić information content (AvgIpc) is 2.83. The molecule has 0 amide bonds. The third-order valence-electron chi connectivity index (χ3n) is 2.38. The van der Waals surface area contributed by atoms with E-state index in [0.29, 0.717) is 5.92 Å². The molecule has 0 saturated heterocycles. The lowest BCUT2D eigenvalue weighted by Gasteiger charge is -2.05. The molecule has 1 aliphatic carbocycles. The van der Waals surface area contributed by atoms with Gasteiger partial charge < -0.3 is 5.11 Å². The zero-order valence-corrected chi connectivity index (χ0v) is 7.47. The minimum absolute atomic E-state index is 0.563. The summed E-state index contributed by atoms with van der Waals surface area (Å²) in [6.07, 6.45) is 4.13. The Morgan fingerprint density at radius 1 is 1.77 bits per heavy atom. The second-order valence-corrected chi connectivity index (χ2v) is 3.51. The fourth-order valence-corrected chi connectivity index (χ4v) is 1.28. The van der Waals surface area contributed by atoms with Gasteiger partial charge in [-0.15, -0.1) is 0 Å². The molecule has 70 valence electrons. The zero-order chi connectivity index (χ0) is 9.42. The molecule has 0 aromatic carbocycles. The van der Waals surface area contributed by atoms with Crippen molar-refractivity contribution in [3.8, 4) is 0 Å². The van der Waals surface area contributed by atoms with Gasteiger partial charge in [0.2, 0.25) is 0 Å². The first-order valence-corrected chi connectivity index (χ1v) is 4.46. The lowest BCUT2D eigenvalue weighted by atomic mass is 10.3. The molecule has 1 aromatic rings. The number of carboxylic acids is 1. The van der Waals surface area contributed by atoms with Crippen molar-refractivity contribution in [2.75, 3.05) is 0 Å². The van der Waals surface area contributed by atoms with E-state index in [4.69, 9.17) is 5.11 Å². The number of carboxylic acid groups (broad SMARTS) is 1. The van der Waals surface area contributed by atoms with E-state index >= 15 is 0 Å². The van der Waals surface area contributed by atoms with Crippen molar-refractivity contribution in [2.45, 2.75) is 31.7 Å². The van der Waals surface area contributed by atoms with E-state index in [0.717, 1.165) is 5.69 Å². The molecule has 4 heteroatoms. The highest BCUT2D eigenvalue weighted by Crippen LogP contribution is 2.38. The van der Waals surface area contributed by atoms with Crippen molar-refractivity contribution in [3.63, 3.8) is 0 Å². The van der Waals surface area contributed by atoms with E-state index in [1.807, 2.05) is 6.07 Å². The van der Waals surface area contributed by atoms with Crippen molar-refractivity contribution in [1.82, 2.24) is 9.78 Å². The van der Waals surface area contributed by atoms with E-state index in [-0.39, 0.29) is 0 Å². The van der Waals surface area contributed by atoms with Crippen LogP contribution in [0.25, 0.3) is 0 Å². The van der Waals surface area contributed by atoms with Crippen molar-refractivity contribution < 1.29 is 9.90 Å². The Morgan fingerprint density at radius 3 is 3.00 bits per heavy atom. The first kappa shape index (κ1) is 8.29. The summed E-state index contributed by atoms with van der Waals surface area (Å²) in [5.41, 5.74) is 1.04. The summed E-state index contributed by atoms with van der Waals surface area (Å²) in [5, 5.41) is 13.0. The molecule has 0 radical (unpaired) electrons. The quantitative estimate of drug-likeness (QED) is 0.765. The Kier molecular flexibility index (Phi) is 1.83. The lowest BCUT2D eigenvalue weighted by Crippen LogP contribution is -2.16. The summed E-state index contributed by atoms with van der Waals surface area (Å²) in [4.78, 5) is 10.6. The van der Waals surface area contributed by atoms with Crippen molar-refractivity contribution >= 4 is 5.97 Å². The van der Waals surface area contributed by atoms with Gasteiger partial charge in [0.25, 0.3) is 0 Å². The van der Waals surface area contributed by atoms with Gasteiger partial charge in [0.15, 0.2) is 0 Å². The predicted molar refractivity (Wildman–Crippen MR) is 46.5 cm³/mol. The van der Waals surface area contributed by atoms with Gasteiger partial charge >= 0.3 is 5.97 Å². The molecule has 1 aromatic heterocycles. The van der Waals surface area contributed by atoms with E-state index in [2.05, 4.69) is 5.10 Å². The van der Waals surface area contributed by atoms with Gasteiger partial charge in [0, 0.05) is 12.1 Å².